The second-order valence-electron chi connectivity index (χ2n) is 7.44. The summed E-state index contributed by atoms with van der Waals surface area (Å²) in [5.74, 6) is -0.0559. The number of amides is 1. The molecule has 1 aliphatic rings. The summed E-state index contributed by atoms with van der Waals surface area (Å²) in [6.07, 6.45) is 1.23. The van der Waals surface area contributed by atoms with Crippen LogP contribution in [0.25, 0.3) is 22.4 Å². The van der Waals surface area contributed by atoms with Gasteiger partial charge < -0.3 is 9.73 Å². The summed E-state index contributed by atoms with van der Waals surface area (Å²) >= 11 is 8.23. The molecule has 1 fully saturated rings. The molecule has 0 spiro atoms. The number of nitrogens with zero attached hydrogens (tertiary/aromatic N) is 2. The van der Waals surface area contributed by atoms with Crippen LogP contribution in [0.1, 0.15) is 12.8 Å². The van der Waals surface area contributed by atoms with E-state index in [1.807, 2.05) is 35.7 Å². The van der Waals surface area contributed by atoms with Crippen LogP contribution in [-0.4, -0.2) is 36.7 Å². The van der Waals surface area contributed by atoms with Crippen molar-refractivity contribution >= 4 is 66.3 Å². The quantitative estimate of drug-likeness (QED) is 0.395. The molecule has 7 nitrogen and oxygen atoms in total. The first kappa shape index (κ1) is 21.6. The fourth-order valence-corrected chi connectivity index (χ4v) is 7.56. The van der Waals surface area contributed by atoms with Gasteiger partial charge in [-0.2, -0.15) is 4.31 Å². The number of rotatable bonds is 5. The molecule has 32 heavy (non-hydrogen) atoms. The van der Waals surface area contributed by atoms with Crippen LogP contribution in [0.3, 0.4) is 0 Å². The highest BCUT2D eigenvalue weighted by atomic mass is 35.5. The normalized spacial score (nSPS) is 17.6. The maximum Gasteiger partial charge on any atom is 0.252 e. The molecule has 1 atom stereocenters. The number of hydrogen-bond donors (Lipinski definition) is 1. The van der Waals surface area contributed by atoms with E-state index in [0.717, 1.165) is 22.3 Å². The van der Waals surface area contributed by atoms with Gasteiger partial charge in [0.25, 0.3) is 10.0 Å². The van der Waals surface area contributed by atoms with Crippen molar-refractivity contribution in [1.29, 1.82) is 0 Å². The van der Waals surface area contributed by atoms with Crippen molar-refractivity contribution in [2.45, 2.75) is 17.1 Å². The fourth-order valence-electron chi connectivity index (χ4n) is 3.70. The number of fused-ring (bicyclic) bond motifs is 1. The number of thiazole rings is 1. The van der Waals surface area contributed by atoms with Crippen LogP contribution >= 0.6 is 34.3 Å². The Kier molecular flexibility index (Phi) is 5.81. The van der Waals surface area contributed by atoms with Gasteiger partial charge in [-0.3, -0.25) is 4.79 Å². The minimum absolute atomic E-state index is 0.130. The first-order valence-electron chi connectivity index (χ1n) is 9.91. The third-order valence-electron chi connectivity index (χ3n) is 5.31. The van der Waals surface area contributed by atoms with Gasteiger partial charge in [-0.25, -0.2) is 13.4 Å². The van der Waals surface area contributed by atoms with Crippen LogP contribution in [0.5, 0.6) is 0 Å². The largest absolute Gasteiger partial charge is 0.454 e. The average Bonchev–Trinajstić information content (AvgIpc) is 3.53. The number of furan rings is 1. The number of halogens is 1. The maximum atomic E-state index is 12.9. The molecule has 11 heteroatoms. The van der Waals surface area contributed by atoms with E-state index in [-0.39, 0.29) is 16.7 Å². The van der Waals surface area contributed by atoms with E-state index in [1.165, 1.54) is 21.7 Å². The Morgan fingerprint density at radius 2 is 2.09 bits per heavy atom. The van der Waals surface area contributed by atoms with Crippen LogP contribution in [0.4, 0.5) is 5.13 Å². The number of thiophene rings is 1. The van der Waals surface area contributed by atoms with Gasteiger partial charge in [-0.15, -0.1) is 22.7 Å². The number of benzene rings is 1. The number of piperidine rings is 1. The van der Waals surface area contributed by atoms with Crippen molar-refractivity contribution in [3.8, 4) is 11.5 Å². The standard InChI is InChI=1S/C21H18ClN3O4S3/c22-18-7-8-19(31-18)32(27,28)25-9-3-5-14(11-25)20(26)24-21-23-15(12-30-21)17-10-13-4-1-2-6-16(13)29-17/h1-2,4,6-8,10,12,14H,3,5,9,11H2,(H,23,24,26). The summed E-state index contributed by atoms with van der Waals surface area (Å²) in [6.45, 7) is 0.514. The third-order valence-corrected chi connectivity index (χ3v) is 9.63. The minimum atomic E-state index is -3.66. The first-order chi connectivity index (χ1) is 15.4. The van der Waals surface area contributed by atoms with Gasteiger partial charge in [0, 0.05) is 23.9 Å². The SMILES string of the molecule is O=C(Nc1nc(-c2cc3ccccc3o2)cs1)C1CCCN(S(=O)(=O)c2ccc(Cl)s2)C1. The number of aromatic nitrogens is 1. The van der Waals surface area contributed by atoms with Crippen molar-refractivity contribution in [2.75, 3.05) is 18.4 Å². The van der Waals surface area contributed by atoms with E-state index >= 15 is 0 Å². The van der Waals surface area contributed by atoms with Crippen LogP contribution in [-0.2, 0) is 14.8 Å². The Morgan fingerprint density at radius 3 is 2.88 bits per heavy atom. The molecule has 3 aromatic heterocycles. The number of anilines is 1. The third kappa shape index (κ3) is 4.20. The topological polar surface area (TPSA) is 92.5 Å². The van der Waals surface area contributed by atoms with Crippen molar-refractivity contribution in [3.05, 3.63) is 52.2 Å². The molecule has 1 unspecified atom stereocenters. The Balaban J connectivity index is 1.28. The van der Waals surface area contributed by atoms with Gasteiger partial charge in [-0.05, 0) is 37.1 Å². The van der Waals surface area contributed by atoms with E-state index in [4.69, 9.17) is 16.0 Å². The zero-order chi connectivity index (χ0) is 22.3. The molecule has 0 saturated carbocycles. The van der Waals surface area contributed by atoms with E-state index in [2.05, 4.69) is 10.3 Å². The number of hydrogen-bond acceptors (Lipinski definition) is 7. The van der Waals surface area contributed by atoms with Gasteiger partial charge >= 0.3 is 0 Å². The van der Waals surface area contributed by atoms with Gasteiger partial charge in [0.1, 0.15) is 15.5 Å². The highest BCUT2D eigenvalue weighted by Crippen LogP contribution is 2.32. The molecule has 1 amide bonds. The molecule has 5 rings (SSSR count). The summed E-state index contributed by atoms with van der Waals surface area (Å²) in [6, 6.07) is 12.7. The zero-order valence-corrected chi connectivity index (χ0v) is 19.9. The van der Waals surface area contributed by atoms with Gasteiger partial charge in [-0.1, -0.05) is 29.8 Å². The predicted molar refractivity (Wildman–Crippen MR) is 127 cm³/mol. The molecule has 0 bridgehead atoms. The van der Waals surface area contributed by atoms with E-state index in [1.54, 1.807) is 6.07 Å². The van der Waals surface area contributed by atoms with Crippen molar-refractivity contribution in [3.63, 3.8) is 0 Å². The van der Waals surface area contributed by atoms with Crippen molar-refractivity contribution < 1.29 is 17.6 Å². The number of nitrogens with one attached hydrogen (secondary N) is 1. The summed E-state index contributed by atoms with van der Waals surface area (Å²) in [5.41, 5.74) is 1.42. The Morgan fingerprint density at radius 1 is 1.25 bits per heavy atom. The van der Waals surface area contributed by atoms with Crippen LogP contribution in [0, 0.1) is 5.92 Å². The Bertz CT molecular complexity index is 1360. The maximum absolute atomic E-state index is 12.9. The Labute approximate surface area is 197 Å². The molecule has 0 radical (unpaired) electrons. The smallest absolute Gasteiger partial charge is 0.252 e. The molecule has 1 N–H and O–H groups in total. The lowest BCUT2D eigenvalue weighted by Gasteiger charge is -2.30. The fraction of sp³-hybridized carbons (Fsp3) is 0.238. The highest BCUT2D eigenvalue weighted by molar-refractivity contribution is 7.91. The number of sulfonamides is 1. The summed E-state index contributed by atoms with van der Waals surface area (Å²) in [5, 5.41) is 6.10. The van der Waals surface area contributed by atoms with Crippen LogP contribution in [0.15, 0.2) is 56.5 Å². The average molecular weight is 508 g/mol. The molecule has 0 aliphatic carbocycles. The number of carbonyl (C=O) groups excluding carboxylic acids is 1. The van der Waals surface area contributed by atoms with Crippen molar-refractivity contribution in [2.24, 2.45) is 5.92 Å². The number of para-hydroxylation sites is 1. The lowest BCUT2D eigenvalue weighted by atomic mass is 9.99. The molecular formula is C21H18ClN3O4S3. The lowest BCUT2D eigenvalue weighted by molar-refractivity contribution is -0.120. The Hall–Kier alpha value is -2.24. The molecule has 4 aromatic rings. The number of carbonyl (C=O) groups is 1. The minimum Gasteiger partial charge on any atom is -0.454 e. The molecule has 166 valence electrons. The zero-order valence-electron chi connectivity index (χ0n) is 16.7. The highest BCUT2D eigenvalue weighted by Gasteiger charge is 2.34. The molecule has 1 aromatic carbocycles. The molecule has 1 saturated heterocycles. The second kappa shape index (κ2) is 8.60. The summed E-state index contributed by atoms with van der Waals surface area (Å²) in [7, 11) is -3.66. The molecular weight excluding hydrogens is 490 g/mol. The molecule has 1 aliphatic heterocycles. The van der Waals surface area contributed by atoms with Gasteiger partial charge in [0.05, 0.1) is 10.3 Å². The molecule has 4 heterocycles. The van der Waals surface area contributed by atoms with Gasteiger partial charge in [0.2, 0.25) is 5.91 Å². The first-order valence-corrected chi connectivity index (χ1v) is 13.4. The second-order valence-corrected chi connectivity index (χ2v) is 12.2. The van der Waals surface area contributed by atoms with Crippen LogP contribution in [0.2, 0.25) is 4.34 Å². The lowest BCUT2D eigenvalue weighted by Crippen LogP contribution is -2.43. The van der Waals surface area contributed by atoms with E-state index in [0.29, 0.717) is 40.3 Å². The summed E-state index contributed by atoms with van der Waals surface area (Å²) < 4.78 is 33.6. The monoisotopic (exact) mass is 507 g/mol. The van der Waals surface area contributed by atoms with E-state index in [9.17, 15) is 13.2 Å². The van der Waals surface area contributed by atoms with Crippen LogP contribution < -0.4 is 5.32 Å². The summed E-state index contributed by atoms with van der Waals surface area (Å²) in [4.78, 5) is 17.3. The van der Waals surface area contributed by atoms with Crippen molar-refractivity contribution in [1.82, 2.24) is 9.29 Å². The van der Waals surface area contributed by atoms with Gasteiger partial charge in [0.15, 0.2) is 10.9 Å². The van der Waals surface area contributed by atoms with E-state index < -0.39 is 15.9 Å². The predicted octanol–water partition coefficient (Wildman–Crippen LogP) is 5.31.